The Labute approximate surface area is 253 Å². The summed E-state index contributed by atoms with van der Waals surface area (Å²) in [5.41, 5.74) is -0.543. The zero-order valence-corrected chi connectivity index (χ0v) is 24.9. The number of allylic oxidation sites excluding steroid dienone is 1. The van der Waals surface area contributed by atoms with E-state index in [9.17, 15) is 36.8 Å². The van der Waals surface area contributed by atoms with Crippen LogP contribution in [0.25, 0.3) is 0 Å². The van der Waals surface area contributed by atoms with Crippen LogP contribution in [0.1, 0.15) is 43.7 Å². The van der Waals surface area contributed by atoms with E-state index in [1.54, 1.807) is 19.1 Å². The number of amides is 5. The van der Waals surface area contributed by atoms with Gasteiger partial charge >= 0.3 is 6.09 Å². The number of fused-ring (bicyclic) bond motifs is 1. The molecule has 0 radical (unpaired) electrons. The van der Waals surface area contributed by atoms with Gasteiger partial charge in [-0.2, -0.15) is 0 Å². The SMILES string of the molecule is C=C[C@@H]1C[C@]1(NC(=O)[C@@H]1C[C@@H](OC(=O)N2Cc3cccc(F)c3C2)CN1C(=O)CNC(=O)/C=C/C)C(=O)NS(=O)(=O)C1CC1. The first-order valence-electron chi connectivity index (χ1n) is 14.3. The van der Waals surface area contributed by atoms with E-state index >= 15 is 0 Å². The van der Waals surface area contributed by atoms with Crippen molar-refractivity contribution < 1.29 is 41.5 Å². The van der Waals surface area contributed by atoms with E-state index in [0.29, 0.717) is 24.0 Å². The highest BCUT2D eigenvalue weighted by Crippen LogP contribution is 2.45. The van der Waals surface area contributed by atoms with Gasteiger partial charge < -0.3 is 20.3 Å². The van der Waals surface area contributed by atoms with Crippen molar-refractivity contribution in [2.45, 2.75) is 68.6 Å². The fourth-order valence-corrected chi connectivity index (χ4v) is 6.99. The summed E-state index contributed by atoms with van der Waals surface area (Å²) in [4.78, 5) is 67.4. The number of halogens is 1. The van der Waals surface area contributed by atoms with Gasteiger partial charge in [0.2, 0.25) is 27.7 Å². The summed E-state index contributed by atoms with van der Waals surface area (Å²) < 4.78 is 46.8. The predicted molar refractivity (Wildman–Crippen MR) is 153 cm³/mol. The van der Waals surface area contributed by atoms with Crippen molar-refractivity contribution in [3.8, 4) is 0 Å². The molecule has 1 saturated heterocycles. The molecule has 0 spiro atoms. The molecule has 3 fully saturated rings. The topological polar surface area (TPSA) is 171 Å². The number of nitrogens with zero attached hydrogens (tertiary/aromatic N) is 2. The average Bonchev–Trinajstić information content (AvgIpc) is 3.86. The second-order valence-corrected chi connectivity index (χ2v) is 13.4. The molecule has 4 atom stereocenters. The van der Waals surface area contributed by atoms with Crippen LogP contribution in [0.2, 0.25) is 0 Å². The summed E-state index contributed by atoms with van der Waals surface area (Å²) in [5, 5.41) is 4.41. The first-order chi connectivity index (χ1) is 20.9. The zero-order chi connectivity index (χ0) is 31.8. The van der Waals surface area contributed by atoms with Crippen LogP contribution >= 0.6 is 0 Å². The fraction of sp³-hybridized carbons (Fsp3) is 0.483. The number of hydrogen-bond acceptors (Lipinski definition) is 8. The van der Waals surface area contributed by atoms with Crippen molar-refractivity contribution in [2.75, 3.05) is 13.1 Å². The minimum absolute atomic E-state index is 0.00142. The monoisotopic (exact) mass is 631 g/mol. The Hall–Kier alpha value is -4.27. The van der Waals surface area contributed by atoms with E-state index in [0.717, 1.165) is 4.90 Å². The Kier molecular flexibility index (Phi) is 8.51. The molecule has 2 aliphatic heterocycles. The van der Waals surface area contributed by atoms with Gasteiger partial charge in [0, 0.05) is 24.4 Å². The molecule has 44 heavy (non-hydrogen) atoms. The summed E-state index contributed by atoms with van der Waals surface area (Å²) in [6, 6.07) is 3.35. The Morgan fingerprint density at radius 1 is 1.18 bits per heavy atom. The number of sulfonamides is 1. The maximum absolute atomic E-state index is 14.2. The Morgan fingerprint density at radius 3 is 2.57 bits per heavy atom. The first-order valence-corrected chi connectivity index (χ1v) is 15.9. The van der Waals surface area contributed by atoms with Gasteiger partial charge in [-0.1, -0.05) is 24.3 Å². The highest BCUT2D eigenvalue weighted by atomic mass is 32.2. The van der Waals surface area contributed by atoms with Crippen LogP contribution < -0.4 is 15.4 Å². The lowest BCUT2D eigenvalue weighted by atomic mass is 10.1. The van der Waals surface area contributed by atoms with E-state index in [4.69, 9.17) is 4.74 Å². The molecule has 5 rings (SSSR count). The molecule has 1 aromatic carbocycles. The van der Waals surface area contributed by atoms with E-state index in [-0.39, 0.29) is 32.5 Å². The summed E-state index contributed by atoms with van der Waals surface area (Å²) >= 11 is 0. The van der Waals surface area contributed by atoms with Crippen LogP contribution in [-0.2, 0) is 47.0 Å². The van der Waals surface area contributed by atoms with Crippen LogP contribution in [0.5, 0.6) is 0 Å². The number of carbonyl (C=O) groups is 5. The lowest BCUT2D eigenvalue weighted by Gasteiger charge is -2.26. The van der Waals surface area contributed by atoms with Crippen molar-refractivity contribution in [1.82, 2.24) is 25.2 Å². The quantitative estimate of drug-likeness (QED) is 0.249. The number of benzene rings is 1. The molecular formula is C29H34FN5O8S. The molecule has 3 N–H and O–H groups in total. The van der Waals surface area contributed by atoms with E-state index in [1.165, 1.54) is 29.2 Å². The van der Waals surface area contributed by atoms with Gasteiger partial charge in [-0.15, -0.1) is 6.58 Å². The van der Waals surface area contributed by atoms with Crippen molar-refractivity contribution >= 4 is 39.7 Å². The van der Waals surface area contributed by atoms with Gasteiger partial charge in [0.25, 0.3) is 5.91 Å². The maximum atomic E-state index is 14.2. The van der Waals surface area contributed by atoms with E-state index in [1.807, 2.05) is 0 Å². The smallest absolute Gasteiger partial charge is 0.410 e. The Bertz CT molecular complexity index is 1540. The van der Waals surface area contributed by atoms with Crippen LogP contribution in [-0.4, -0.2) is 84.0 Å². The number of rotatable bonds is 10. The summed E-state index contributed by atoms with van der Waals surface area (Å²) in [6.07, 6.45) is 3.33. The number of ether oxygens (including phenoxy) is 1. The number of nitrogens with one attached hydrogen (secondary N) is 3. The molecular weight excluding hydrogens is 597 g/mol. The summed E-state index contributed by atoms with van der Waals surface area (Å²) in [7, 11) is -3.89. The molecule has 236 valence electrons. The molecule has 13 nitrogen and oxygen atoms in total. The largest absolute Gasteiger partial charge is 0.444 e. The van der Waals surface area contributed by atoms with E-state index in [2.05, 4.69) is 21.9 Å². The summed E-state index contributed by atoms with van der Waals surface area (Å²) in [6.45, 7) is 4.80. The van der Waals surface area contributed by atoms with Crippen LogP contribution in [0.4, 0.5) is 9.18 Å². The van der Waals surface area contributed by atoms with Crippen LogP contribution in [0.3, 0.4) is 0 Å². The van der Waals surface area contributed by atoms with Gasteiger partial charge in [-0.05, 0) is 43.9 Å². The van der Waals surface area contributed by atoms with Crippen molar-refractivity contribution in [2.24, 2.45) is 5.92 Å². The minimum Gasteiger partial charge on any atom is -0.444 e. The first kappa shape index (κ1) is 31.2. The van der Waals surface area contributed by atoms with Crippen LogP contribution in [0, 0.1) is 11.7 Å². The lowest BCUT2D eigenvalue weighted by molar-refractivity contribution is -0.139. The second kappa shape index (κ2) is 12.0. The third kappa shape index (κ3) is 6.32. The molecule has 0 aromatic heterocycles. The van der Waals surface area contributed by atoms with Gasteiger partial charge in [0.1, 0.15) is 23.5 Å². The van der Waals surface area contributed by atoms with E-state index < -0.39 is 81.0 Å². The molecule has 1 aromatic rings. The van der Waals surface area contributed by atoms with Gasteiger partial charge in [0.15, 0.2) is 0 Å². The van der Waals surface area contributed by atoms with Crippen molar-refractivity contribution in [3.05, 3.63) is 60.0 Å². The number of likely N-dealkylation sites (tertiary alicyclic amines) is 1. The predicted octanol–water partition coefficient (Wildman–Crippen LogP) is 0.609. The molecule has 15 heteroatoms. The molecule has 0 bridgehead atoms. The third-order valence-electron chi connectivity index (χ3n) is 8.32. The molecule has 4 aliphatic rings. The third-order valence-corrected chi connectivity index (χ3v) is 10.1. The van der Waals surface area contributed by atoms with Crippen LogP contribution in [0.15, 0.2) is 43.0 Å². The van der Waals surface area contributed by atoms with Crippen molar-refractivity contribution in [3.63, 3.8) is 0 Å². The summed E-state index contributed by atoms with van der Waals surface area (Å²) in [5.74, 6) is -3.78. The van der Waals surface area contributed by atoms with Gasteiger partial charge in [-0.3, -0.25) is 28.8 Å². The van der Waals surface area contributed by atoms with Gasteiger partial charge in [0.05, 0.1) is 24.9 Å². The highest BCUT2D eigenvalue weighted by molar-refractivity contribution is 7.91. The normalized spacial score (nSPS) is 25.7. The Balaban J connectivity index is 1.29. The number of hydrogen-bond donors (Lipinski definition) is 3. The van der Waals surface area contributed by atoms with Crippen molar-refractivity contribution in [1.29, 1.82) is 0 Å². The Morgan fingerprint density at radius 2 is 1.93 bits per heavy atom. The number of carbonyl (C=O) groups excluding carboxylic acids is 5. The maximum Gasteiger partial charge on any atom is 0.410 e. The van der Waals surface area contributed by atoms with Gasteiger partial charge in [-0.25, -0.2) is 17.6 Å². The highest BCUT2D eigenvalue weighted by Gasteiger charge is 2.62. The molecule has 2 saturated carbocycles. The fourth-order valence-electron chi connectivity index (χ4n) is 5.63. The zero-order valence-electron chi connectivity index (χ0n) is 24.1. The second-order valence-electron chi connectivity index (χ2n) is 11.4. The lowest BCUT2D eigenvalue weighted by Crippen LogP contribution is -2.57. The molecule has 2 heterocycles. The average molecular weight is 632 g/mol. The molecule has 0 unspecified atom stereocenters. The minimum atomic E-state index is -3.89. The standard InChI is InChI=1S/C29H34FN5O8S/c1-3-6-24(36)31-13-25(37)35-15-19(43-28(40)34-14-17-7-5-8-22(30)21(17)16-34)11-23(35)26(38)32-29(12-18(29)4-2)27(39)33-44(41,42)20-9-10-20/h3-8,18-20,23H,2,9-16H2,1H3,(H,31,36)(H,32,38)(H,33,39)/b6-3+/t18-,19-,23+,29-/m1/s1. The molecule has 5 amide bonds. The molecule has 2 aliphatic carbocycles.